The largest absolute Gasteiger partial charge is 0.351 e. The van der Waals surface area contributed by atoms with E-state index in [0.717, 1.165) is 24.6 Å². The van der Waals surface area contributed by atoms with Gasteiger partial charge in [0, 0.05) is 18.6 Å². The maximum atomic E-state index is 4.47. The van der Waals surface area contributed by atoms with E-state index in [0.29, 0.717) is 12.1 Å². The summed E-state index contributed by atoms with van der Waals surface area (Å²) in [5, 5.41) is 14.6. The Labute approximate surface area is 122 Å². The van der Waals surface area contributed by atoms with Crippen LogP contribution in [-0.2, 0) is 0 Å². The van der Waals surface area contributed by atoms with Gasteiger partial charge in [0.05, 0.1) is 4.88 Å². The minimum absolute atomic E-state index is 0.618. The Kier molecular flexibility index (Phi) is 3.16. The van der Waals surface area contributed by atoms with Gasteiger partial charge in [0.1, 0.15) is 5.69 Å². The summed E-state index contributed by atoms with van der Waals surface area (Å²) in [5.41, 5.74) is 0.974. The molecule has 5 heterocycles. The van der Waals surface area contributed by atoms with E-state index in [9.17, 15) is 0 Å². The Bertz CT molecular complexity index is 562. The lowest BCUT2D eigenvalue weighted by Gasteiger charge is -2.36. The number of hydrogen-bond donors (Lipinski definition) is 1. The molecule has 2 aromatic heterocycles. The van der Waals surface area contributed by atoms with Crippen LogP contribution in [0, 0.1) is 0 Å². The third-order valence-corrected chi connectivity index (χ3v) is 5.23. The molecule has 0 aromatic carbocycles. The molecule has 2 aromatic rings. The van der Waals surface area contributed by atoms with Gasteiger partial charge in [-0.05, 0) is 49.4 Å². The number of aromatic nitrogens is 2. The number of piperidine rings is 1. The molecular formula is C15H18N4S. The van der Waals surface area contributed by atoms with Crippen LogP contribution in [0.4, 0.5) is 5.82 Å². The summed E-state index contributed by atoms with van der Waals surface area (Å²) in [4.78, 5) is 3.63. The molecule has 5 heteroatoms. The summed E-state index contributed by atoms with van der Waals surface area (Å²) in [5.74, 6) is 1.03. The first-order chi connectivity index (χ1) is 9.90. The molecule has 3 fully saturated rings. The van der Waals surface area contributed by atoms with Gasteiger partial charge < -0.3 is 10.2 Å². The van der Waals surface area contributed by atoms with Crippen molar-refractivity contribution >= 4 is 17.2 Å². The Morgan fingerprint density at radius 3 is 2.95 bits per heavy atom. The first-order valence-electron chi connectivity index (χ1n) is 7.28. The summed E-state index contributed by atoms with van der Waals surface area (Å²) in [6, 6.07) is 9.61. The average molecular weight is 286 g/mol. The van der Waals surface area contributed by atoms with Crippen LogP contribution in [-0.4, -0.2) is 35.4 Å². The summed E-state index contributed by atoms with van der Waals surface area (Å²) < 4.78 is 0. The number of nitrogens with one attached hydrogen (secondary N) is 1. The lowest BCUT2D eigenvalue weighted by atomic mass is 9.99. The van der Waals surface area contributed by atoms with Gasteiger partial charge in [-0.15, -0.1) is 21.5 Å². The fourth-order valence-electron chi connectivity index (χ4n) is 3.26. The Balaban J connectivity index is 1.59. The Morgan fingerprint density at radius 2 is 2.15 bits per heavy atom. The van der Waals surface area contributed by atoms with Crippen LogP contribution < -0.4 is 10.2 Å². The van der Waals surface area contributed by atoms with Gasteiger partial charge in [-0.1, -0.05) is 6.07 Å². The summed E-state index contributed by atoms with van der Waals surface area (Å²) >= 11 is 1.71. The van der Waals surface area contributed by atoms with Crippen LogP contribution in [0.25, 0.3) is 10.6 Å². The van der Waals surface area contributed by atoms with Crippen LogP contribution in [0.15, 0.2) is 29.6 Å². The predicted molar refractivity (Wildman–Crippen MR) is 82.1 cm³/mol. The van der Waals surface area contributed by atoms with Crippen molar-refractivity contribution in [3.05, 3.63) is 29.6 Å². The zero-order valence-corrected chi connectivity index (χ0v) is 12.1. The molecule has 0 radical (unpaired) electrons. The molecule has 3 saturated heterocycles. The highest BCUT2D eigenvalue weighted by Crippen LogP contribution is 2.28. The molecule has 3 aliphatic rings. The number of nitrogens with zero attached hydrogens (tertiary/aromatic N) is 3. The van der Waals surface area contributed by atoms with E-state index in [-0.39, 0.29) is 0 Å². The Morgan fingerprint density at radius 1 is 1.15 bits per heavy atom. The molecule has 4 nitrogen and oxygen atoms in total. The van der Waals surface area contributed by atoms with Crippen LogP contribution in [0.5, 0.6) is 0 Å². The number of thiophene rings is 1. The van der Waals surface area contributed by atoms with Gasteiger partial charge in [0.25, 0.3) is 0 Å². The third-order valence-electron chi connectivity index (χ3n) is 4.34. The molecule has 1 N–H and O–H groups in total. The van der Waals surface area contributed by atoms with Crippen LogP contribution >= 0.6 is 11.3 Å². The highest BCUT2D eigenvalue weighted by atomic mass is 32.1. The van der Waals surface area contributed by atoms with E-state index in [1.54, 1.807) is 11.3 Å². The standard InChI is InChI=1S/C15H18N4S/c1-2-14(20-9-1)13-5-6-15(18-17-13)19-10-11-3-4-12(19)7-8-16-11/h1-2,5-6,9,11-12,16H,3-4,7-8,10H2. The SMILES string of the molecule is c1csc(-c2ccc(N3CC4CCC3CCN4)nn2)c1. The number of fused-ring (bicyclic) bond motifs is 4. The van der Waals surface area contributed by atoms with E-state index in [4.69, 9.17) is 0 Å². The molecule has 2 atom stereocenters. The second-order valence-corrected chi connectivity index (χ2v) is 6.53. The quantitative estimate of drug-likeness (QED) is 0.921. The van der Waals surface area contributed by atoms with E-state index < -0.39 is 0 Å². The maximum Gasteiger partial charge on any atom is 0.151 e. The van der Waals surface area contributed by atoms with Crippen molar-refractivity contribution in [2.24, 2.45) is 0 Å². The average Bonchev–Trinajstić information content (AvgIpc) is 2.85. The highest BCUT2D eigenvalue weighted by molar-refractivity contribution is 7.13. The molecular weight excluding hydrogens is 268 g/mol. The van der Waals surface area contributed by atoms with Crippen molar-refractivity contribution in [3.63, 3.8) is 0 Å². The summed E-state index contributed by atoms with van der Waals surface area (Å²) in [7, 11) is 0. The van der Waals surface area contributed by atoms with Crippen molar-refractivity contribution in [2.75, 3.05) is 18.0 Å². The van der Waals surface area contributed by atoms with Gasteiger partial charge in [-0.25, -0.2) is 0 Å². The first-order valence-corrected chi connectivity index (χ1v) is 8.16. The van der Waals surface area contributed by atoms with Crippen molar-refractivity contribution in [1.82, 2.24) is 15.5 Å². The maximum absolute atomic E-state index is 4.47. The zero-order chi connectivity index (χ0) is 13.4. The topological polar surface area (TPSA) is 41.0 Å². The van der Waals surface area contributed by atoms with Gasteiger partial charge in [0.15, 0.2) is 5.82 Å². The van der Waals surface area contributed by atoms with Crippen molar-refractivity contribution in [1.29, 1.82) is 0 Å². The zero-order valence-electron chi connectivity index (χ0n) is 11.3. The molecule has 20 heavy (non-hydrogen) atoms. The predicted octanol–water partition coefficient (Wildman–Crippen LogP) is 2.54. The fraction of sp³-hybridized carbons (Fsp3) is 0.467. The molecule has 5 rings (SSSR count). The molecule has 3 aliphatic heterocycles. The summed E-state index contributed by atoms with van der Waals surface area (Å²) in [6.07, 6.45) is 3.78. The van der Waals surface area contributed by atoms with Gasteiger partial charge in [0.2, 0.25) is 0 Å². The van der Waals surface area contributed by atoms with Crippen LogP contribution in [0.1, 0.15) is 19.3 Å². The van der Waals surface area contributed by atoms with E-state index in [1.807, 2.05) is 0 Å². The van der Waals surface area contributed by atoms with Crippen molar-refractivity contribution in [3.8, 4) is 10.6 Å². The minimum atomic E-state index is 0.618. The van der Waals surface area contributed by atoms with Gasteiger partial charge >= 0.3 is 0 Å². The molecule has 0 amide bonds. The van der Waals surface area contributed by atoms with Gasteiger partial charge in [-0.3, -0.25) is 0 Å². The second-order valence-electron chi connectivity index (χ2n) is 5.58. The van der Waals surface area contributed by atoms with E-state index in [1.165, 1.54) is 24.1 Å². The van der Waals surface area contributed by atoms with E-state index in [2.05, 4.69) is 50.1 Å². The molecule has 2 unspecified atom stereocenters. The molecule has 0 saturated carbocycles. The normalized spacial score (nSPS) is 25.7. The minimum Gasteiger partial charge on any atom is -0.351 e. The lowest BCUT2D eigenvalue weighted by Crippen LogP contribution is -2.46. The van der Waals surface area contributed by atoms with E-state index >= 15 is 0 Å². The van der Waals surface area contributed by atoms with Crippen molar-refractivity contribution in [2.45, 2.75) is 31.3 Å². The highest BCUT2D eigenvalue weighted by Gasteiger charge is 2.31. The van der Waals surface area contributed by atoms with Gasteiger partial charge in [-0.2, -0.15) is 0 Å². The molecule has 2 bridgehead atoms. The number of anilines is 1. The number of hydrogen-bond acceptors (Lipinski definition) is 5. The molecule has 0 aliphatic carbocycles. The second kappa shape index (κ2) is 5.14. The fourth-order valence-corrected chi connectivity index (χ4v) is 3.95. The Hall–Kier alpha value is -1.46. The first kappa shape index (κ1) is 12.3. The molecule has 0 spiro atoms. The molecule has 104 valence electrons. The third kappa shape index (κ3) is 2.21. The van der Waals surface area contributed by atoms with Crippen LogP contribution in [0.2, 0.25) is 0 Å². The van der Waals surface area contributed by atoms with Crippen LogP contribution in [0.3, 0.4) is 0 Å². The lowest BCUT2D eigenvalue weighted by molar-refractivity contribution is 0.426. The smallest absolute Gasteiger partial charge is 0.151 e. The number of rotatable bonds is 2. The van der Waals surface area contributed by atoms with Crippen molar-refractivity contribution < 1.29 is 0 Å². The monoisotopic (exact) mass is 286 g/mol. The summed E-state index contributed by atoms with van der Waals surface area (Å²) in [6.45, 7) is 2.20.